The van der Waals surface area contributed by atoms with Gasteiger partial charge in [-0.15, -0.1) is 11.8 Å². The minimum atomic E-state index is 0.0121. The molecule has 0 aliphatic rings. The van der Waals surface area contributed by atoms with Gasteiger partial charge in [0.1, 0.15) is 11.6 Å². The highest BCUT2D eigenvalue weighted by atomic mass is 32.2. The molecule has 0 atom stereocenters. The van der Waals surface area contributed by atoms with Crippen LogP contribution in [0.3, 0.4) is 0 Å². The van der Waals surface area contributed by atoms with Crippen molar-refractivity contribution in [2.24, 2.45) is 0 Å². The lowest BCUT2D eigenvalue weighted by Crippen LogP contribution is -2.17. The average molecular weight is 253 g/mol. The highest BCUT2D eigenvalue weighted by molar-refractivity contribution is 7.99. The predicted octanol–water partition coefficient (Wildman–Crippen LogP) is 3.39. The van der Waals surface area contributed by atoms with Crippen molar-refractivity contribution in [3.8, 4) is 0 Å². The van der Waals surface area contributed by atoms with Crippen molar-refractivity contribution in [1.82, 2.24) is 9.97 Å². The van der Waals surface area contributed by atoms with Crippen LogP contribution in [-0.2, 0) is 11.2 Å². The Hall–Kier alpha value is -0.770. The number of thioether (sulfide) groups is 1. The van der Waals surface area contributed by atoms with Gasteiger partial charge in [-0.05, 0) is 0 Å². The van der Waals surface area contributed by atoms with Gasteiger partial charge in [0.25, 0.3) is 0 Å². The van der Waals surface area contributed by atoms with Crippen LogP contribution in [0.1, 0.15) is 53.1 Å². The molecule has 2 N–H and O–H groups in total. The Labute approximate surface area is 109 Å². The Balaban J connectivity index is 2.91. The average Bonchev–Trinajstić information content (AvgIpc) is 2.11. The first-order valence-corrected chi connectivity index (χ1v) is 6.84. The Bertz CT molecular complexity index is 389. The first-order valence-electron chi connectivity index (χ1n) is 5.86. The number of rotatable bonds is 2. The molecule has 0 bridgehead atoms. The van der Waals surface area contributed by atoms with Gasteiger partial charge in [0.2, 0.25) is 0 Å². The zero-order valence-corrected chi connectivity index (χ0v) is 12.5. The van der Waals surface area contributed by atoms with Crippen molar-refractivity contribution in [3.05, 3.63) is 17.6 Å². The summed E-state index contributed by atoms with van der Waals surface area (Å²) >= 11 is 1.83. The number of nitrogens with zero attached hydrogens (tertiary/aromatic N) is 2. The minimum absolute atomic E-state index is 0.0121. The van der Waals surface area contributed by atoms with E-state index in [-0.39, 0.29) is 10.2 Å². The van der Waals surface area contributed by atoms with Crippen LogP contribution in [0.25, 0.3) is 0 Å². The van der Waals surface area contributed by atoms with Gasteiger partial charge in [-0.25, -0.2) is 9.97 Å². The second-order valence-electron chi connectivity index (χ2n) is 6.25. The fourth-order valence-electron chi connectivity index (χ4n) is 1.25. The third kappa shape index (κ3) is 4.94. The van der Waals surface area contributed by atoms with Crippen molar-refractivity contribution >= 4 is 17.6 Å². The maximum atomic E-state index is 5.84. The lowest BCUT2D eigenvalue weighted by Gasteiger charge is -2.20. The summed E-state index contributed by atoms with van der Waals surface area (Å²) in [7, 11) is 0. The maximum absolute atomic E-state index is 5.84. The molecule has 0 spiro atoms. The number of anilines is 1. The summed E-state index contributed by atoms with van der Waals surface area (Å²) in [5.41, 5.74) is 6.86. The largest absolute Gasteiger partial charge is 0.384 e. The van der Waals surface area contributed by atoms with E-state index in [2.05, 4.69) is 51.5 Å². The molecule has 0 fully saturated rings. The molecule has 3 nitrogen and oxygen atoms in total. The molecule has 1 aromatic rings. The number of aromatic nitrogens is 2. The smallest absolute Gasteiger partial charge is 0.140 e. The van der Waals surface area contributed by atoms with E-state index < -0.39 is 0 Å². The monoisotopic (exact) mass is 253 g/mol. The van der Waals surface area contributed by atoms with Crippen LogP contribution < -0.4 is 5.73 Å². The third-order valence-corrected chi connectivity index (χ3v) is 3.46. The topological polar surface area (TPSA) is 51.8 Å². The molecule has 0 saturated heterocycles. The van der Waals surface area contributed by atoms with Crippen LogP contribution >= 0.6 is 11.8 Å². The molecule has 0 unspecified atom stereocenters. The van der Waals surface area contributed by atoms with Crippen LogP contribution in [-0.4, -0.2) is 14.7 Å². The lowest BCUT2D eigenvalue weighted by molar-refractivity contribution is 0.564. The third-order valence-electron chi connectivity index (χ3n) is 2.19. The minimum Gasteiger partial charge on any atom is -0.384 e. The summed E-state index contributed by atoms with van der Waals surface area (Å²) < 4.78 is 0.218. The van der Waals surface area contributed by atoms with Gasteiger partial charge >= 0.3 is 0 Å². The van der Waals surface area contributed by atoms with E-state index in [0.29, 0.717) is 5.82 Å². The van der Waals surface area contributed by atoms with Gasteiger partial charge in [0.05, 0.1) is 11.4 Å². The molecule has 0 aliphatic carbocycles. The summed E-state index contributed by atoms with van der Waals surface area (Å²) in [6.07, 6.45) is 0. The summed E-state index contributed by atoms with van der Waals surface area (Å²) in [5, 5.41) is 0. The molecular weight excluding hydrogens is 230 g/mol. The standard InChI is InChI=1S/C13H23N3S/c1-12(2,3)9-7-10(14)16-11(15-9)8-17-13(4,5)6/h7H,8H2,1-6H3,(H2,14,15,16). The van der Waals surface area contributed by atoms with Gasteiger partial charge < -0.3 is 5.73 Å². The van der Waals surface area contributed by atoms with Gasteiger partial charge in [-0.2, -0.15) is 0 Å². The number of hydrogen-bond donors (Lipinski definition) is 1. The molecule has 0 saturated carbocycles. The van der Waals surface area contributed by atoms with Crippen molar-refractivity contribution in [1.29, 1.82) is 0 Å². The van der Waals surface area contributed by atoms with E-state index in [1.54, 1.807) is 0 Å². The highest BCUT2D eigenvalue weighted by Gasteiger charge is 2.18. The fraction of sp³-hybridized carbons (Fsp3) is 0.692. The van der Waals surface area contributed by atoms with Crippen LogP contribution in [0.15, 0.2) is 6.07 Å². The molecule has 96 valence electrons. The molecule has 0 aliphatic heterocycles. The molecule has 1 heterocycles. The van der Waals surface area contributed by atoms with E-state index in [0.717, 1.165) is 17.3 Å². The number of nitrogen functional groups attached to an aromatic ring is 1. The molecular formula is C13H23N3S. The van der Waals surface area contributed by atoms with Gasteiger partial charge in [0.15, 0.2) is 0 Å². The summed E-state index contributed by atoms with van der Waals surface area (Å²) in [6.45, 7) is 13.0. The van der Waals surface area contributed by atoms with Crippen molar-refractivity contribution < 1.29 is 0 Å². The first-order chi connectivity index (χ1) is 7.58. The quantitative estimate of drug-likeness (QED) is 0.877. The van der Waals surface area contributed by atoms with Crippen molar-refractivity contribution in [2.75, 3.05) is 5.73 Å². The summed E-state index contributed by atoms with van der Waals surface area (Å²) in [6, 6.07) is 1.87. The molecule has 1 aromatic heterocycles. The summed E-state index contributed by atoms with van der Waals surface area (Å²) in [5.74, 6) is 2.20. The van der Waals surface area contributed by atoms with E-state index in [4.69, 9.17) is 5.73 Å². The molecule has 0 aromatic carbocycles. The second kappa shape index (κ2) is 4.84. The first kappa shape index (κ1) is 14.3. The molecule has 17 heavy (non-hydrogen) atoms. The number of nitrogens with two attached hydrogens (primary N) is 1. The predicted molar refractivity (Wildman–Crippen MR) is 76.2 cm³/mol. The van der Waals surface area contributed by atoms with Gasteiger partial charge in [-0.1, -0.05) is 41.5 Å². The molecule has 4 heteroatoms. The zero-order valence-electron chi connectivity index (χ0n) is 11.7. The van der Waals surface area contributed by atoms with Crippen LogP contribution in [0.5, 0.6) is 0 Å². The van der Waals surface area contributed by atoms with E-state index in [9.17, 15) is 0 Å². The lowest BCUT2D eigenvalue weighted by atomic mass is 9.92. The van der Waals surface area contributed by atoms with E-state index in [1.165, 1.54) is 0 Å². The normalized spacial score (nSPS) is 12.8. The van der Waals surface area contributed by atoms with Crippen molar-refractivity contribution in [2.45, 2.75) is 57.5 Å². The van der Waals surface area contributed by atoms with Crippen molar-refractivity contribution in [3.63, 3.8) is 0 Å². The SMILES string of the molecule is CC(C)(C)SCc1nc(N)cc(C(C)(C)C)n1. The Morgan fingerprint density at radius 2 is 1.71 bits per heavy atom. The van der Waals surface area contributed by atoms with Crippen LogP contribution in [0, 0.1) is 0 Å². The van der Waals surface area contributed by atoms with E-state index in [1.807, 2.05) is 17.8 Å². The molecule has 0 radical (unpaired) electrons. The van der Waals surface area contributed by atoms with E-state index >= 15 is 0 Å². The highest BCUT2D eigenvalue weighted by Crippen LogP contribution is 2.27. The Morgan fingerprint density at radius 3 is 2.18 bits per heavy atom. The Morgan fingerprint density at radius 1 is 1.12 bits per heavy atom. The number of hydrogen-bond acceptors (Lipinski definition) is 4. The molecule has 0 amide bonds. The molecule has 1 rings (SSSR count). The van der Waals surface area contributed by atoms with Crippen LogP contribution in [0.4, 0.5) is 5.82 Å². The maximum Gasteiger partial charge on any atom is 0.140 e. The van der Waals surface area contributed by atoms with Gasteiger partial charge in [0, 0.05) is 16.2 Å². The Kier molecular flexibility index (Phi) is 4.07. The fourth-order valence-corrected chi connectivity index (χ4v) is 1.94. The second-order valence-corrected chi connectivity index (χ2v) is 8.05. The zero-order chi connectivity index (χ0) is 13.3. The summed E-state index contributed by atoms with van der Waals surface area (Å²) in [4.78, 5) is 8.89. The van der Waals surface area contributed by atoms with Gasteiger partial charge in [-0.3, -0.25) is 0 Å². The van der Waals surface area contributed by atoms with Crippen LogP contribution in [0.2, 0.25) is 0 Å².